The zero-order valence-corrected chi connectivity index (χ0v) is 12.8. The molecular formula is C15H13BrClNO. The molecule has 4 heteroatoms. The van der Waals surface area contributed by atoms with Crippen LogP contribution >= 0.6 is 27.5 Å². The van der Waals surface area contributed by atoms with Gasteiger partial charge in [0, 0.05) is 23.1 Å². The number of amides is 1. The predicted molar refractivity (Wildman–Crippen MR) is 81.4 cm³/mol. The van der Waals surface area contributed by atoms with Gasteiger partial charge in [-0.25, -0.2) is 0 Å². The molecule has 0 aliphatic carbocycles. The van der Waals surface area contributed by atoms with Crippen molar-refractivity contribution in [2.75, 3.05) is 7.05 Å². The summed E-state index contributed by atoms with van der Waals surface area (Å²) in [5.74, 6) is -0.0348. The molecule has 0 bridgehead atoms. The smallest absolute Gasteiger partial charge is 0.255 e. The monoisotopic (exact) mass is 337 g/mol. The molecule has 19 heavy (non-hydrogen) atoms. The Morgan fingerprint density at radius 3 is 2.53 bits per heavy atom. The van der Waals surface area contributed by atoms with Crippen molar-refractivity contribution < 1.29 is 4.79 Å². The van der Waals surface area contributed by atoms with Crippen LogP contribution in [-0.2, 0) is 6.54 Å². The molecular weight excluding hydrogens is 326 g/mol. The third-order valence-electron chi connectivity index (χ3n) is 2.77. The standard InChI is InChI=1S/C15H13BrClNO/c1-18(10-11-5-3-2-4-6-11)15(19)13-8-7-12(17)9-14(13)16/h2-9H,10H2,1H3. The second-order valence-corrected chi connectivity index (χ2v) is 5.56. The van der Waals surface area contributed by atoms with E-state index in [2.05, 4.69) is 15.9 Å². The van der Waals surface area contributed by atoms with Crippen molar-refractivity contribution in [1.29, 1.82) is 0 Å². The van der Waals surface area contributed by atoms with Crippen LogP contribution in [0.15, 0.2) is 53.0 Å². The van der Waals surface area contributed by atoms with E-state index in [0.717, 1.165) is 5.56 Å². The lowest BCUT2D eigenvalue weighted by Gasteiger charge is -2.18. The lowest BCUT2D eigenvalue weighted by Crippen LogP contribution is -2.26. The molecule has 2 nitrogen and oxygen atoms in total. The van der Waals surface area contributed by atoms with E-state index in [1.165, 1.54) is 0 Å². The van der Waals surface area contributed by atoms with E-state index in [9.17, 15) is 4.79 Å². The largest absolute Gasteiger partial charge is 0.337 e. The summed E-state index contributed by atoms with van der Waals surface area (Å²) in [5, 5.41) is 0.606. The number of benzene rings is 2. The highest BCUT2D eigenvalue weighted by molar-refractivity contribution is 9.10. The fourth-order valence-electron chi connectivity index (χ4n) is 1.80. The minimum absolute atomic E-state index is 0.0348. The van der Waals surface area contributed by atoms with E-state index in [0.29, 0.717) is 21.6 Å². The Morgan fingerprint density at radius 2 is 1.89 bits per heavy atom. The van der Waals surface area contributed by atoms with Gasteiger partial charge in [-0.3, -0.25) is 4.79 Å². The van der Waals surface area contributed by atoms with Crippen LogP contribution in [0.2, 0.25) is 5.02 Å². The Hall–Kier alpha value is -1.32. The highest BCUT2D eigenvalue weighted by atomic mass is 79.9. The van der Waals surface area contributed by atoms with Crippen LogP contribution < -0.4 is 0 Å². The second kappa shape index (κ2) is 6.22. The molecule has 0 spiro atoms. The molecule has 0 aliphatic heterocycles. The van der Waals surface area contributed by atoms with Crippen molar-refractivity contribution in [1.82, 2.24) is 4.90 Å². The topological polar surface area (TPSA) is 20.3 Å². The summed E-state index contributed by atoms with van der Waals surface area (Å²) in [6, 6.07) is 15.1. The molecule has 2 aromatic carbocycles. The summed E-state index contributed by atoms with van der Waals surface area (Å²) in [7, 11) is 1.79. The number of carbonyl (C=O) groups is 1. The lowest BCUT2D eigenvalue weighted by atomic mass is 10.1. The van der Waals surface area contributed by atoms with Crippen molar-refractivity contribution in [3.63, 3.8) is 0 Å². The normalized spacial score (nSPS) is 10.3. The Balaban J connectivity index is 2.15. The maximum Gasteiger partial charge on any atom is 0.255 e. The molecule has 0 N–H and O–H groups in total. The Labute approximate surface area is 126 Å². The quantitative estimate of drug-likeness (QED) is 0.813. The van der Waals surface area contributed by atoms with Crippen LogP contribution in [0.4, 0.5) is 0 Å². The van der Waals surface area contributed by atoms with Gasteiger partial charge >= 0.3 is 0 Å². The zero-order valence-electron chi connectivity index (χ0n) is 10.4. The van der Waals surface area contributed by atoms with Crippen molar-refractivity contribution >= 4 is 33.4 Å². The van der Waals surface area contributed by atoms with Crippen LogP contribution in [0.5, 0.6) is 0 Å². The zero-order chi connectivity index (χ0) is 13.8. The van der Waals surface area contributed by atoms with Gasteiger partial charge in [0.15, 0.2) is 0 Å². The minimum atomic E-state index is -0.0348. The SMILES string of the molecule is CN(Cc1ccccc1)C(=O)c1ccc(Cl)cc1Br. The van der Waals surface area contributed by atoms with E-state index in [-0.39, 0.29) is 5.91 Å². The number of rotatable bonds is 3. The van der Waals surface area contributed by atoms with Gasteiger partial charge in [0.2, 0.25) is 0 Å². The number of hydrogen-bond acceptors (Lipinski definition) is 1. The van der Waals surface area contributed by atoms with Crippen molar-refractivity contribution in [3.8, 4) is 0 Å². The molecule has 0 unspecified atom stereocenters. The van der Waals surface area contributed by atoms with Crippen LogP contribution in [-0.4, -0.2) is 17.9 Å². The Kier molecular flexibility index (Phi) is 4.61. The van der Waals surface area contributed by atoms with Gasteiger partial charge in [-0.2, -0.15) is 0 Å². The first kappa shape index (κ1) is 14.1. The Bertz CT molecular complexity index is 586. The van der Waals surface area contributed by atoms with Crippen molar-refractivity contribution in [2.45, 2.75) is 6.54 Å². The molecule has 0 heterocycles. The number of halogens is 2. The van der Waals surface area contributed by atoms with Crippen LogP contribution in [0.25, 0.3) is 0 Å². The number of hydrogen-bond donors (Lipinski definition) is 0. The molecule has 0 radical (unpaired) electrons. The molecule has 0 saturated heterocycles. The molecule has 98 valence electrons. The molecule has 1 amide bonds. The molecule has 0 fully saturated rings. The van der Waals surface area contributed by atoms with Crippen LogP contribution in [0.1, 0.15) is 15.9 Å². The average molecular weight is 339 g/mol. The predicted octanol–water partition coefficient (Wildman–Crippen LogP) is 4.37. The first-order valence-corrected chi connectivity index (χ1v) is 6.99. The molecule has 2 aromatic rings. The van der Waals surface area contributed by atoms with E-state index in [1.54, 1.807) is 30.1 Å². The first-order chi connectivity index (χ1) is 9.08. The highest BCUT2D eigenvalue weighted by Gasteiger charge is 2.15. The fraction of sp³-hybridized carbons (Fsp3) is 0.133. The summed E-state index contributed by atoms with van der Waals surface area (Å²) in [5.41, 5.74) is 1.71. The number of nitrogens with zero attached hydrogens (tertiary/aromatic N) is 1. The van der Waals surface area contributed by atoms with Gasteiger partial charge in [-0.1, -0.05) is 41.9 Å². The van der Waals surface area contributed by atoms with Crippen LogP contribution in [0, 0.1) is 0 Å². The maximum absolute atomic E-state index is 12.3. The van der Waals surface area contributed by atoms with Crippen molar-refractivity contribution in [3.05, 3.63) is 69.2 Å². The van der Waals surface area contributed by atoms with E-state index >= 15 is 0 Å². The summed E-state index contributed by atoms with van der Waals surface area (Å²) >= 11 is 9.25. The average Bonchev–Trinajstić information content (AvgIpc) is 2.39. The van der Waals surface area contributed by atoms with Gasteiger partial charge in [-0.15, -0.1) is 0 Å². The maximum atomic E-state index is 12.3. The first-order valence-electron chi connectivity index (χ1n) is 5.82. The third-order valence-corrected chi connectivity index (χ3v) is 3.66. The van der Waals surface area contributed by atoms with Gasteiger partial charge in [0.05, 0.1) is 5.56 Å². The van der Waals surface area contributed by atoms with Gasteiger partial charge in [0.1, 0.15) is 0 Å². The summed E-state index contributed by atoms with van der Waals surface area (Å²) < 4.78 is 0.713. The third kappa shape index (κ3) is 3.58. The minimum Gasteiger partial charge on any atom is -0.337 e. The summed E-state index contributed by atoms with van der Waals surface area (Å²) in [6.45, 7) is 0.578. The van der Waals surface area contributed by atoms with Gasteiger partial charge < -0.3 is 4.90 Å². The Morgan fingerprint density at radius 1 is 1.21 bits per heavy atom. The van der Waals surface area contributed by atoms with Crippen LogP contribution in [0.3, 0.4) is 0 Å². The number of carbonyl (C=O) groups excluding carboxylic acids is 1. The molecule has 0 aromatic heterocycles. The fourth-order valence-corrected chi connectivity index (χ4v) is 2.65. The molecule has 2 rings (SSSR count). The van der Waals surface area contributed by atoms with E-state index in [4.69, 9.17) is 11.6 Å². The van der Waals surface area contributed by atoms with Gasteiger partial charge in [-0.05, 0) is 39.7 Å². The van der Waals surface area contributed by atoms with E-state index in [1.807, 2.05) is 30.3 Å². The lowest BCUT2D eigenvalue weighted by molar-refractivity contribution is 0.0784. The summed E-state index contributed by atoms with van der Waals surface area (Å²) in [6.07, 6.45) is 0. The molecule has 0 atom stereocenters. The molecule has 0 saturated carbocycles. The van der Waals surface area contributed by atoms with E-state index < -0.39 is 0 Å². The van der Waals surface area contributed by atoms with Crippen molar-refractivity contribution in [2.24, 2.45) is 0 Å². The highest BCUT2D eigenvalue weighted by Crippen LogP contribution is 2.23. The second-order valence-electron chi connectivity index (χ2n) is 4.27. The summed E-state index contributed by atoms with van der Waals surface area (Å²) in [4.78, 5) is 14.0. The van der Waals surface area contributed by atoms with Gasteiger partial charge in [0.25, 0.3) is 5.91 Å². The molecule has 0 aliphatic rings.